The summed E-state index contributed by atoms with van der Waals surface area (Å²) in [7, 11) is 3.93. The van der Waals surface area contributed by atoms with Gasteiger partial charge in [0.25, 0.3) is 0 Å². The number of hydrogen-bond donors (Lipinski definition) is 2. The Morgan fingerprint density at radius 2 is 1.90 bits per heavy atom. The highest BCUT2D eigenvalue weighted by Gasteiger charge is 2.06. The Morgan fingerprint density at radius 3 is 2.60 bits per heavy atom. The van der Waals surface area contributed by atoms with E-state index in [0.717, 1.165) is 12.2 Å². The third-order valence-electron chi connectivity index (χ3n) is 2.43. The van der Waals surface area contributed by atoms with Crippen molar-refractivity contribution in [2.75, 3.05) is 38.3 Å². The van der Waals surface area contributed by atoms with Crippen LogP contribution in [-0.4, -0.2) is 47.1 Å². The van der Waals surface area contributed by atoms with Crippen molar-refractivity contribution >= 4 is 17.6 Å². The molecule has 0 aliphatic carbocycles. The molecule has 1 aromatic heterocycles. The summed E-state index contributed by atoms with van der Waals surface area (Å²) in [6.45, 7) is 1.26. The highest BCUT2D eigenvalue weighted by molar-refractivity contribution is 5.53. The Labute approximate surface area is 117 Å². The summed E-state index contributed by atoms with van der Waals surface area (Å²) in [5.74, 6) is 0.488. The van der Waals surface area contributed by atoms with Gasteiger partial charge < -0.3 is 20.7 Å². The molecule has 7 nitrogen and oxygen atoms in total. The molecule has 0 saturated carbocycles. The molecular weight excluding hydrogens is 256 g/mol. The van der Waals surface area contributed by atoms with Crippen molar-refractivity contribution in [3.63, 3.8) is 0 Å². The number of ether oxygens (including phenoxy) is 1. The van der Waals surface area contributed by atoms with Crippen LogP contribution in [-0.2, 0) is 0 Å². The van der Waals surface area contributed by atoms with Crippen molar-refractivity contribution in [1.29, 1.82) is 0 Å². The maximum atomic E-state index is 5.65. The predicted molar refractivity (Wildman–Crippen MR) is 78.0 cm³/mol. The van der Waals surface area contributed by atoms with Gasteiger partial charge in [-0.05, 0) is 26.2 Å². The fraction of sp³-hybridized carbons (Fsp3) is 0.308. The highest BCUT2D eigenvalue weighted by Crippen LogP contribution is 2.14. The molecule has 0 fully saturated rings. The van der Waals surface area contributed by atoms with Crippen LogP contribution in [0.2, 0.25) is 0 Å². The first-order chi connectivity index (χ1) is 9.63. The fourth-order valence-electron chi connectivity index (χ4n) is 1.46. The molecule has 0 saturated heterocycles. The van der Waals surface area contributed by atoms with Gasteiger partial charge >= 0.3 is 6.01 Å². The molecule has 106 valence electrons. The third-order valence-corrected chi connectivity index (χ3v) is 2.43. The van der Waals surface area contributed by atoms with E-state index in [1.165, 1.54) is 0 Å². The number of aromatic nitrogens is 3. The maximum Gasteiger partial charge on any atom is 0.323 e. The molecule has 2 aromatic rings. The quantitative estimate of drug-likeness (QED) is 0.816. The zero-order valence-corrected chi connectivity index (χ0v) is 11.6. The maximum absolute atomic E-state index is 5.65. The van der Waals surface area contributed by atoms with Gasteiger partial charge in [0.1, 0.15) is 6.61 Å². The van der Waals surface area contributed by atoms with E-state index in [-0.39, 0.29) is 12.0 Å². The summed E-state index contributed by atoms with van der Waals surface area (Å²) in [6.07, 6.45) is 0. The number of anilines is 3. The number of para-hydroxylation sites is 1. The minimum absolute atomic E-state index is 0.123. The second kappa shape index (κ2) is 6.67. The van der Waals surface area contributed by atoms with Gasteiger partial charge in [0.05, 0.1) is 0 Å². The normalized spacial score (nSPS) is 10.6. The SMILES string of the molecule is CN(C)CCOc1nc(N)nc(Nc2ccccc2)n1. The summed E-state index contributed by atoms with van der Waals surface area (Å²) in [5.41, 5.74) is 6.52. The van der Waals surface area contributed by atoms with E-state index in [4.69, 9.17) is 10.5 Å². The second-order valence-electron chi connectivity index (χ2n) is 4.44. The largest absolute Gasteiger partial charge is 0.462 e. The van der Waals surface area contributed by atoms with E-state index >= 15 is 0 Å². The molecule has 0 aliphatic heterocycles. The van der Waals surface area contributed by atoms with Crippen LogP contribution in [0.5, 0.6) is 6.01 Å². The topological polar surface area (TPSA) is 89.2 Å². The van der Waals surface area contributed by atoms with E-state index in [1.807, 2.05) is 49.3 Å². The lowest BCUT2D eigenvalue weighted by Gasteiger charge is -2.11. The third kappa shape index (κ3) is 4.36. The van der Waals surface area contributed by atoms with Gasteiger partial charge in [0.15, 0.2) is 0 Å². The Kier molecular flexibility index (Phi) is 4.67. The first kappa shape index (κ1) is 14.0. The lowest BCUT2D eigenvalue weighted by atomic mass is 10.3. The highest BCUT2D eigenvalue weighted by atomic mass is 16.5. The van der Waals surface area contributed by atoms with E-state index in [0.29, 0.717) is 12.6 Å². The van der Waals surface area contributed by atoms with Gasteiger partial charge in [-0.25, -0.2) is 0 Å². The van der Waals surface area contributed by atoms with Crippen molar-refractivity contribution < 1.29 is 4.74 Å². The van der Waals surface area contributed by atoms with Crippen LogP contribution < -0.4 is 15.8 Å². The van der Waals surface area contributed by atoms with Gasteiger partial charge in [0.2, 0.25) is 11.9 Å². The number of nitrogens with two attached hydrogens (primary N) is 1. The molecule has 3 N–H and O–H groups in total. The molecule has 0 unspecified atom stereocenters. The number of hydrogen-bond acceptors (Lipinski definition) is 7. The fourth-order valence-corrected chi connectivity index (χ4v) is 1.46. The summed E-state index contributed by atoms with van der Waals surface area (Å²) in [5, 5.41) is 3.05. The summed E-state index contributed by atoms with van der Waals surface area (Å²) in [4.78, 5) is 14.2. The minimum Gasteiger partial charge on any atom is -0.462 e. The Balaban J connectivity index is 2.04. The minimum atomic E-state index is 0.123. The van der Waals surface area contributed by atoms with Crippen LogP contribution in [0.15, 0.2) is 30.3 Å². The molecule has 1 aromatic carbocycles. The average Bonchev–Trinajstić information content (AvgIpc) is 2.38. The number of nitrogens with one attached hydrogen (secondary N) is 1. The Hall–Kier alpha value is -2.41. The molecule has 0 bridgehead atoms. The molecule has 0 spiro atoms. The molecule has 20 heavy (non-hydrogen) atoms. The number of nitrogen functional groups attached to an aromatic ring is 1. The van der Waals surface area contributed by atoms with Crippen molar-refractivity contribution in [3.8, 4) is 6.01 Å². The average molecular weight is 274 g/mol. The van der Waals surface area contributed by atoms with E-state index in [2.05, 4.69) is 20.3 Å². The van der Waals surface area contributed by atoms with Gasteiger partial charge in [-0.2, -0.15) is 15.0 Å². The molecule has 0 aliphatic rings. The standard InChI is InChI=1S/C13H18N6O/c1-19(2)8-9-20-13-17-11(14)16-12(18-13)15-10-6-4-3-5-7-10/h3-7H,8-9H2,1-2H3,(H3,14,15,16,17,18). The predicted octanol–water partition coefficient (Wildman–Crippen LogP) is 1.14. The van der Waals surface area contributed by atoms with Crippen molar-refractivity contribution in [2.24, 2.45) is 0 Å². The number of rotatable bonds is 6. The molecule has 0 amide bonds. The Morgan fingerprint density at radius 1 is 1.15 bits per heavy atom. The zero-order valence-electron chi connectivity index (χ0n) is 11.6. The molecule has 1 heterocycles. The molecule has 0 radical (unpaired) electrons. The zero-order chi connectivity index (χ0) is 14.4. The first-order valence-electron chi connectivity index (χ1n) is 6.24. The van der Waals surface area contributed by atoms with Gasteiger partial charge in [-0.15, -0.1) is 0 Å². The molecule has 2 rings (SSSR count). The summed E-state index contributed by atoms with van der Waals surface area (Å²) >= 11 is 0. The van der Waals surface area contributed by atoms with Crippen LogP contribution in [0.4, 0.5) is 17.6 Å². The number of benzene rings is 1. The van der Waals surface area contributed by atoms with Crippen LogP contribution in [0, 0.1) is 0 Å². The Bertz CT molecular complexity index is 546. The summed E-state index contributed by atoms with van der Waals surface area (Å²) < 4.78 is 5.45. The van der Waals surface area contributed by atoms with Gasteiger partial charge in [-0.3, -0.25) is 0 Å². The van der Waals surface area contributed by atoms with Crippen LogP contribution in [0.3, 0.4) is 0 Å². The summed E-state index contributed by atoms with van der Waals surface area (Å²) in [6, 6.07) is 9.81. The van der Waals surface area contributed by atoms with Crippen molar-refractivity contribution in [2.45, 2.75) is 0 Å². The monoisotopic (exact) mass is 274 g/mol. The van der Waals surface area contributed by atoms with Crippen LogP contribution in [0.25, 0.3) is 0 Å². The number of likely N-dealkylation sites (N-methyl/N-ethyl adjacent to an activating group) is 1. The lowest BCUT2D eigenvalue weighted by molar-refractivity contribution is 0.245. The smallest absolute Gasteiger partial charge is 0.323 e. The van der Waals surface area contributed by atoms with Crippen LogP contribution >= 0.6 is 0 Å². The number of nitrogens with zero attached hydrogens (tertiary/aromatic N) is 4. The van der Waals surface area contributed by atoms with Crippen molar-refractivity contribution in [3.05, 3.63) is 30.3 Å². The molecule has 7 heteroatoms. The van der Waals surface area contributed by atoms with Crippen molar-refractivity contribution in [1.82, 2.24) is 19.9 Å². The van der Waals surface area contributed by atoms with E-state index in [9.17, 15) is 0 Å². The lowest BCUT2D eigenvalue weighted by Crippen LogP contribution is -2.20. The second-order valence-corrected chi connectivity index (χ2v) is 4.44. The molecular formula is C13H18N6O. The van der Waals surface area contributed by atoms with Crippen LogP contribution in [0.1, 0.15) is 0 Å². The van der Waals surface area contributed by atoms with Gasteiger partial charge in [-0.1, -0.05) is 18.2 Å². The molecule has 0 atom stereocenters. The van der Waals surface area contributed by atoms with E-state index < -0.39 is 0 Å². The van der Waals surface area contributed by atoms with E-state index in [1.54, 1.807) is 0 Å². The first-order valence-corrected chi connectivity index (χ1v) is 6.24. The van der Waals surface area contributed by atoms with Gasteiger partial charge in [0, 0.05) is 12.2 Å².